The Morgan fingerprint density at radius 3 is 3.00 bits per heavy atom. The fourth-order valence-corrected chi connectivity index (χ4v) is 3.03. The summed E-state index contributed by atoms with van der Waals surface area (Å²) in [5, 5.41) is 2.42. The molecule has 1 aromatic heterocycles. The minimum atomic E-state index is -0.242. The topological polar surface area (TPSA) is 52.3 Å². The van der Waals surface area contributed by atoms with Crippen LogP contribution in [0.4, 0.5) is 5.69 Å². The summed E-state index contributed by atoms with van der Waals surface area (Å²) in [6.07, 6.45) is 0.0845. The van der Waals surface area contributed by atoms with Gasteiger partial charge in [-0.1, -0.05) is 17.7 Å². The molecule has 3 nitrogen and oxygen atoms in total. The van der Waals surface area contributed by atoms with E-state index in [1.54, 1.807) is 23.5 Å². The number of fused-ring (bicyclic) bond motifs is 1. The number of benzene rings is 1. The number of Topliss-reactive ketones (excluding diaryl/α,β-unsaturated/α-hetero) is 1. The van der Waals surface area contributed by atoms with E-state index in [-0.39, 0.29) is 11.9 Å². The molecule has 0 saturated heterocycles. The second-order valence-corrected chi connectivity index (χ2v) is 5.54. The third kappa shape index (κ3) is 1.87. The quantitative estimate of drug-likeness (QED) is 0.810. The largest absolute Gasteiger partial charge is 0.481 e. The van der Waals surface area contributed by atoms with Crippen LogP contribution in [0.1, 0.15) is 27.8 Å². The Labute approximate surface area is 113 Å². The molecule has 0 amide bonds. The number of hydrogen-bond acceptors (Lipinski definition) is 4. The summed E-state index contributed by atoms with van der Waals surface area (Å²) in [7, 11) is 0. The number of anilines is 1. The van der Waals surface area contributed by atoms with E-state index >= 15 is 0 Å². The van der Waals surface area contributed by atoms with Gasteiger partial charge >= 0.3 is 0 Å². The summed E-state index contributed by atoms with van der Waals surface area (Å²) in [6, 6.07) is 7.11. The lowest BCUT2D eigenvalue weighted by Gasteiger charge is -2.25. The van der Waals surface area contributed by atoms with Crippen molar-refractivity contribution in [2.24, 2.45) is 0 Å². The highest BCUT2D eigenvalue weighted by molar-refractivity contribution is 7.10. The predicted molar refractivity (Wildman–Crippen MR) is 72.5 cm³/mol. The van der Waals surface area contributed by atoms with E-state index in [9.17, 15) is 4.79 Å². The number of nitrogens with two attached hydrogens (primary N) is 1. The molecule has 2 heterocycles. The summed E-state index contributed by atoms with van der Waals surface area (Å²) in [6.45, 7) is 0. The molecule has 0 bridgehead atoms. The molecule has 3 rings (SSSR count). The van der Waals surface area contributed by atoms with Gasteiger partial charge in [0.2, 0.25) is 0 Å². The number of rotatable bonds is 1. The highest BCUT2D eigenvalue weighted by Crippen LogP contribution is 2.41. The molecule has 1 aromatic carbocycles. The SMILES string of the molecule is Nc1cc(Cl)cc2c1OC(c1cccs1)CC2=O. The third-order valence-corrected chi connectivity index (χ3v) is 4.06. The summed E-state index contributed by atoms with van der Waals surface area (Å²) in [5.74, 6) is 0.470. The van der Waals surface area contributed by atoms with Gasteiger partial charge in [0.15, 0.2) is 11.5 Å². The lowest BCUT2D eigenvalue weighted by Crippen LogP contribution is -2.20. The van der Waals surface area contributed by atoms with E-state index in [1.165, 1.54) is 0 Å². The summed E-state index contributed by atoms with van der Waals surface area (Å²) >= 11 is 7.47. The van der Waals surface area contributed by atoms with Gasteiger partial charge in [-0.25, -0.2) is 0 Å². The van der Waals surface area contributed by atoms with Crippen LogP contribution >= 0.6 is 22.9 Å². The third-order valence-electron chi connectivity index (χ3n) is 2.87. The minimum absolute atomic E-state index is 0.0175. The Morgan fingerprint density at radius 2 is 2.28 bits per heavy atom. The lowest BCUT2D eigenvalue weighted by atomic mass is 9.99. The number of nitrogen functional groups attached to an aromatic ring is 1. The number of carbonyl (C=O) groups excluding carboxylic acids is 1. The van der Waals surface area contributed by atoms with Gasteiger partial charge in [0, 0.05) is 9.90 Å². The van der Waals surface area contributed by atoms with Gasteiger partial charge in [-0.05, 0) is 23.6 Å². The zero-order valence-electron chi connectivity index (χ0n) is 9.35. The number of carbonyl (C=O) groups is 1. The molecule has 2 N–H and O–H groups in total. The van der Waals surface area contributed by atoms with Crippen LogP contribution in [-0.2, 0) is 0 Å². The summed E-state index contributed by atoms with van der Waals surface area (Å²) in [5.41, 5.74) is 6.75. The fraction of sp³-hybridized carbons (Fsp3) is 0.154. The van der Waals surface area contributed by atoms with Crippen molar-refractivity contribution in [2.75, 3.05) is 5.73 Å². The van der Waals surface area contributed by atoms with Gasteiger partial charge in [-0.2, -0.15) is 0 Å². The molecule has 0 saturated carbocycles. The van der Waals surface area contributed by atoms with Crippen LogP contribution in [0, 0.1) is 0 Å². The first kappa shape index (κ1) is 11.6. The summed E-state index contributed by atoms with van der Waals surface area (Å²) in [4.78, 5) is 13.1. The monoisotopic (exact) mass is 279 g/mol. The molecule has 0 aliphatic carbocycles. The predicted octanol–water partition coefficient (Wildman–Crippen LogP) is 3.69. The Hall–Kier alpha value is -1.52. The van der Waals surface area contributed by atoms with Crippen LogP contribution in [-0.4, -0.2) is 5.78 Å². The Morgan fingerprint density at radius 1 is 1.44 bits per heavy atom. The molecule has 0 fully saturated rings. The molecule has 1 unspecified atom stereocenters. The van der Waals surface area contributed by atoms with E-state index in [4.69, 9.17) is 22.1 Å². The van der Waals surface area contributed by atoms with E-state index < -0.39 is 0 Å². The molecule has 2 aromatic rings. The highest BCUT2D eigenvalue weighted by atomic mass is 35.5. The molecule has 0 radical (unpaired) electrons. The van der Waals surface area contributed by atoms with Crippen LogP contribution in [0.5, 0.6) is 5.75 Å². The molecular formula is C13H10ClNO2S. The molecule has 0 spiro atoms. The number of halogens is 1. The van der Waals surface area contributed by atoms with Crippen molar-refractivity contribution in [3.63, 3.8) is 0 Å². The second-order valence-electron chi connectivity index (χ2n) is 4.12. The van der Waals surface area contributed by atoms with Crippen molar-refractivity contribution >= 4 is 34.4 Å². The number of thiophene rings is 1. The van der Waals surface area contributed by atoms with Gasteiger partial charge in [-0.3, -0.25) is 4.79 Å². The number of ether oxygens (including phenoxy) is 1. The van der Waals surface area contributed by atoms with Crippen molar-refractivity contribution < 1.29 is 9.53 Å². The molecule has 1 atom stereocenters. The van der Waals surface area contributed by atoms with Gasteiger partial charge in [0.25, 0.3) is 0 Å². The van der Waals surface area contributed by atoms with Crippen molar-refractivity contribution in [1.82, 2.24) is 0 Å². The van der Waals surface area contributed by atoms with Crippen molar-refractivity contribution in [3.8, 4) is 5.75 Å². The Balaban J connectivity index is 2.05. The van der Waals surface area contributed by atoms with Crippen LogP contribution in [0.2, 0.25) is 5.02 Å². The maximum Gasteiger partial charge on any atom is 0.170 e. The highest BCUT2D eigenvalue weighted by Gasteiger charge is 2.30. The number of ketones is 1. The van der Waals surface area contributed by atoms with E-state index in [1.807, 2.05) is 17.5 Å². The minimum Gasteiger partial charge on any atom is -0.481 e. The molecule has 92 valence electrons. The van der Waals surface area contributed by atoms with Crippen LogP contribution in [0.25, 0.3) is 0 Å². The van der Waals surface area contributed by atoms with Crippen molar-refractivity contribution in [2.45, 2.75) is 12.5 Å². The molecule has 1 aliphatic rings. The van der Waals surface area contributed by atoms with Crippen LogP contribution in [0.15, 0.2) is 29.6 Å². The second kappa shape index (κ2) is 4.30. The van der Waals surface area contributed by atoms with Crippen LogP contribution < -0.4 is 10.5 Å². The average Bonchev–Trinajstić information content (AvgIpc) is 2.83. The zero-order valence-corrected chi connectivity index (χ0v) is 10.9. The Bertz CT molecular complexity index is 610. The maximum absolute atomic E-state index is 12.1. The molecule has 1 aliphatic heterocycles. The standard InChI is InChI=1S/C13H10ClNO2S/c14-7-4-8-10(16)6-11(12-2-1-3-18-12)17-13(8)9(15)5-7/h1-5,11H,6,15H2. The fourth-order valence-electron chi connectivity index (χ4n) is 2.05. The van der Waals surface area contributed by atoms with Crippen molar-refractivity contribution in [1.29, 1.82) is 0 Å². The molecule has 18 heavy (non-hydrogen) atoms. The van der Waals surface area contributed by atoms with Crippen molar-refractivity contribution in [3.05, 3.63) is 45.1 Å². The first-order valence-electron chi connectivity index (χ1n) is 5.47. The Kier molecular flexibility index (Phi) is 2.76. The normalized spacial score (nSPS) is 18.3. The number of hydrogen-bond donors (Lipinski definition) is 1. The molecule has 5 heteroatoms. The summed E-state index contributed by atoms with van der Waals surface area (Å²) < 4.78 is 5.84. The van der Waals surface area contributed by atoms with E-state index in [0.717, 1.165) is 4.88 Å². The van der Waals surface area contributed by atoms with Gasteiger partial charge in [0.05, 0.1) is 17.7 Å². The molecular weight excluding hydrogens is 270 g/mol. The zero-order chi connectivity index (χ0) is 12.7. The maximum atomic E-state index is 12.1. The van der Waals surface area contributed by atoms with Crippen LogP contribution in [0.3, 0.4) is 0 Å². The van der Waals surface area contributed by atoms with E-state index in [2.05, 4.69) is 0 Å². The van der Waals surface area contributed by atoms with Gasteiger partial charge in [-0.15, -0.1) is 11.3 Å². The lowest BCUT2D eigenvalue weighted by molar-refractivity contribution is 0.0856. The first-order valence-corrected chi connectivity index (χ1v) is 6.73. The smallest absolute Gasteiger partial charge is 0.170 e. The van der Waals surface area contributed by atoms with Gasteiger partial charge < -0.3 is 10.5 Å². The average molecular weight is 280 g/mol. The first-order chi connectivity index (χ1) is 8.65. The van der Waals surface area contributed by atoms with E-state index in [0.29, 0.717) is 28.4 Å². The van der Waals surface area contributed by atoms with Gasteiger partial charge in [0.1, 0.15) is 6.10 Å².